The van der Waals surface area contributed by atoms with E-state index in [1.807, 2.05) is 4.90 Å². The molecule has 0 bridgehead atoms. The first kappa shape index (κ1) is 14.4. The Kier molecular flexibility index (Phi) is 9.59. The summed E-state index contributed by atoms with van der Waals surface area (Å²) in [6.45, 7) is 10.00. The van der Waals surface area contributed by atoms with Crippen LogP contribution in [0.5, 0.6) is 0 Å². The number of nitrogens with zero attached hydrogens (tertiary/aromatic N) is 1. The molecule has 0 aromatic carbocycles. The minimum Gasteiger partial charge on any atom is -0.343 e. The van der Waals surface area contributed by atoms with Crippen LogP contribution in [0.15, 0.2) is 0 Å². The van der Waals surface area contributed by atoms with Gasteiger partial charge in [-0.2, -0.15) is 0 Å². The van der Waals surface area contributed by atoms with Crippen LogP contribution in [0.25, 0.3) is 0 Å². The smallest absolute Gasteiger partial charge is 0.223 e. The van der Waals surface area contributed by atoms with Gasteiger partial charge >= 0.3 is 0 Å². The summed E-state index contributed by atoms with van der Waals surface area (Å²) in [7, 11) is 0. The summed E-state index contributed by atoms with van der Waals surface area (Å²) >= 11 is 0. The lowest BCUT2D eigenvalue weighted by atomic mass is 10.3. The van der Waals surface area contributed by atoms with Crippen molar-refractivity contribution in [1.82, 2.24) is 10.2 Å². The molecule has 1 amide bonds. The third kappa shape index (κ3) is 7.37. The van der Waals surface area contributed by atoms with Crippen molar-refractivity contribution in [2.45, 2.75) is 46.5 Å². The predicted octanol–water partition coefficient (Wildman–Crippen LogP) is 2.02. The van der Waals surface area contributed by atoms with Crippen molar-refractivity contribution in [3.8, 4) is 0 Å². The minimum atomic E-state index is 0.294. The van der Waals surface area contributed by atoms with Crippen molar-refractivity contribution in [3.63, 3.8) is 0 Å². The Morgan fingerprint density at radius 1 is 1.00 bits per heavy atom. The van der Waals surface area contributed by atoms with Gasteiger partial charge in [-0.05, 0) is 25.8 Å². The summed E-state index contributed by atoms with van der Waals surface area (Å²) in [6, 6.07) is 0. The standard InChI is InChI=1S/C12H26N2O/c1-4-8-13-9-7-12(15)14(10-5-2)11-6-3/h13H,4-11H2,1-3H3. The Hall–Kier alpha value is -0.570. The molecule has 15 heavy (non-hydrogen) atoms. The summed E-state index contributed by atoms with van der Waals surface area (Å²) in [5.41, 5.74) is 0. The second kappa shape index (κ2) is 9.97. The molecule has 0 aliphatic rings. The van der Waals surface area contributed by atoms with Crippen LogP contribution in [-0.2, 0) is 4.79 Å². The lowest BCUT2D eigenvalue weighted by molar-refractivity contribution is -0.131. The van der Waals surface area contributed by atoms with Crippen molar-refractivity contribution in [3.05, 3.63) is 0 Å². The van der Waals surface area contributed by atoms with Crippen molar-refractivity contribution < 1.29 is 4.79 Å². The number of amides is 1. The van der Waals surface area contributed by atoms with Gasteiger partial charge in [0.15, 0.2) is 0 Å². The average Bonchev–Trinajstić information content (AvgIpc) is 2.24. The molecule has 0 aliphatic heterocycles. The highest BCUT2D eigenvalue weighted by molar-refractivity contribution is 5.76. The molecule has 0 radical (unpaired) electrons. The van der Waals surface area contributed by atoms with Gasteiger partial charge in [0.25, 0.3) is 0 Å². The first-order valence-electron chi connectivity index (χ1n) is 6.24. The highest BCUT2D eigenvalue weighted by Gasteiger charge is 2.10. The fourth-order valence-electron chi connectivity index (χ4n) is 1.56. The Balaban J connectivity index is 3.70. The minimum absolute atomic E-state index is 0.294. The Morgan fingerprint density at radius 3 is 2.07 bits per heavy atom. The fraction of sp³-hybridized carbons (Fsp3) is 0.917. The zero-order chi connectivity index (χ0) is 11.5. The number of hydrogen-bond donors (Lipinski definition) is 1. The molecule has 0 spiro atoms. The van der Waals surface area contributed by atoms with E-state index >= 15 is 0 Å². The molecule has 0 aromatic rings. The first-order chi connectivity index (χ1) is 7.26. The maximum Gasteiger partial charge on any atom is 0.223 e. The van der Waals surface area contributed by atoms with Crippen LogP contribution in [0, 0.1) is 0 Å². The maximum absolute atomic E-state index is 11.8. The largest absolute Gasteiger partial charge is 0.343 e. The molecule has 90 valence electrons. The molecule has 0 saturated heterocycles. The molecular formula is C12H26N2O. The zero-order valence-corrected chi connectivity index (χ0v) is 10.5. The van der Waals surface area contributed by atoms with E-state index in [0.717, 1.165) is 45.4 Å². The monoisotopic (exact) mass is 214 g/mol. The van der Waals surface area contributed by atoms with Gasteiger partial charge in [-0.1, -0.05) is 20.8 Å². The highest BCUT2D eigenvalue weighted by atomic mass is 16.2. The average molecular weight is 214 g/mol. The van der Waals surface area contributed by atoms with Crippen LogP contribution in [0.2, 0.25) is 0 Å². The molecule has 0 atom stereocenters. The van der Waals surface area contributed by atoms with Gasteiger partial charge < -0.3 is 10.2 Å². The third-order valence-electron chi connectivity index (χ3n) is 2.28. The van der Waals surface area contributed by atoms with E-state index in [1.54, 1.807) is 0 Å². The van der Waals surface area contributed by atoms with Crippen molar-refractivity contribution in [2.24, 2.45) is 0 Å². The molecule has 0 saturated carbocycles. The van der Waals surface area contributed by atoms with Crippen LogP contribution >= 0.6 is 0 Å². The van der Waals surface area contributed by atoms with E-state index in [-0.39, 0.29) is 0 Å². The molecule has 0 aliphatic carbocycles. The normalized spacial score (nSPS) is 10.3. The van der Waals surface area contributed by atoms with Crippen LogP contribution in [0.3, 0.4) is 0 Å². The van der Waals surface area contributed by atoms with E-state index in [2.05, 4.69) is 26.1 Å². The molecule has 0 unspecified atom stereocenters. The summed E-state index contributed by atoms with van der Waals surface area (Å²) in [5.74, 6) is 0.294. The number of rotatable bonds is 9. The van der Waals surface area contributed by atoms with Crippen LogP contribution in [0.1, 0.15) is 46.5 Å². The van der Waals surface area contributed by atoms with E-state index in [9.17, 15) is 4.79 Å². The van der Waals surface area contributed by atoms with Gasteiger partial charge in [0.2, 0.25) is 5.91 Å². The molecule has 3 heteroatoms. The third-order valence-corrected chi connectivity index (χ3v) is 2.28. The molecule has 0 fully saturated rings. The van der Waals surface area contributed by atoms with Gasteiger partial charge in [-0.3, -0.25) is 4.79 Å². The summed E-state index contributed by atoms with van der Waals surface area (Å²) in [5, 5.41) is 3.26. The molecule has 0 aromatic heterocycles. The number of carbonyl (C=O) groups is 1. The lowest BCUT2D eigenvalue weighted by Gasteiger charge is -2.21. The fourth-order valence-corrected chi connectivity index (χ4v) is 1.56. The predicted molar refractivity (Wildman–Crippen MR) is 64.9 cm³/mol. The summed E-state index contributed by atoms with van der Waals surface area (Å²) in [4.78, 5) is 13.8. The Morgan fingerprint density at radius 2 is 1.60 bits per heavy atom. The number of hydrogen-bond acceptors (Lipinski definition) is 2. The molecule has 3 nitrogen and oxygen atoms in total. The molecular weight excluding hydrogens is 188 g/mol. The van der Waals surface area contributed by atoms with Gasteiger partial charge in [0.05, 0.1) is 0 Å². The van der Waals surface area contributed by atoms with Gasteiger partial charge in [-0.15, -0.1) is 0 Å². The second-order valence-corrected chi connectivity index (χ2v) is 3.88. The van der Waals surface area contributed by atoms with Crippen molar-refractivity contribution >= 4 is 5.91 Å². The summed E-state index contributed by atoms with van der Waals surface area (Å²) in [6.07, 6.45) is 3.87. The van der Waals surface area contributed by atoms with Gasteiger partial charge in [0, 0.05) is 26.1 Å². The molecule has 0 rings (SSSR count). The summed E-state index contributed by atoms with van der Waals surface area (Å²) < 4.78 is 0. The van der Waals surface area contributed by atoms with E-state index in [0.29, 0.717) is 12.3 Å². The van der Waals surface area contributed by atoms with Crippen LogP contribution < -0.4 is 5.32 Å². The lowest BCUT2D eigenvalue weighted by Crippen LogP contribution is -2.34. The molecule has 1 N–H and O–H groups in total. The van der Waals surface area contributed by atoms with E-state index < -0.39 is 0 Å². The number of carbonyl (C=O) groups excluding carboxylic acids is 1. The SMILES string of the molecule is CCCNCCC(=O)N(CCC)CCC. The Bertz CT molecular complexity index is 154. The highest BCUT2D eigenvalue weighted by Crippen LogP contribution is 1.97. The number of nitrogens with one attached hydrogen (secondary N) is 1. The first-order valence-corrected chi connectivity index (χ1v) is 6.24. The van der Waals surface area contributed by atoms with Gasteiger partial charge in [-0.25, -0.2) is 0 Å². The van der Waals surface area contributed by atoms with Crippen molar-refractivity contribution in [2.75, 3.05) is 26.2 Å². The van der Waals surface area contributed by atoms with Gasteiger partial charge in [0.1, 0.15) is 0 Å². The quantitative estimate of drug-likeness (QED) is 0.596. The molecule has 0 heterocycles. The topological polar surface area (TPSA) is 32.3 Å². The Labute approximate surface area is 94.2 Å². The van der Waals surface area contributed by atoms with E-state index in [4.69, 9.17) is 0 Å². The second-order valence-electron chi connectivity index (χ2n) is 3.88. The van der Waals surface area contributed by atoms with E-state index in [1.165, 1.54) is 0 Å². The van der Waals surface area contributed by atoms with Crippen LogP contribution in [0.4, 0.5) is 0 Å². The van der Waals surface area contributed by atoms with Crippen LogP contribution in [-0.4, -0.2) is 37.0 Å². The maximum atomic E-state index is 11.8. The van der Waals surface area contributed by atoms with Crippen molar-refractivity contribution in [1.29, 1.82) is 0 Å². The zero-order valence-electron chi connectivity index (χ0n) is 10.5.